The third kappa shape index (κ3) is 7.04. The van der Waals surface area contributed by atoms with Gasteiger partial charge in [0.05, 0.1) is 22.2 Å². The Kier molecular flexibility index (Phi) is 8.80. The normalized spacial score (nSPS) is 9.73. The topological polar surface area (TPSA) is 198 Å². The van der Waals surface area contributed by atoms with Gasteiger partial charge in [0.1, 0.15) is 0 Å². The highest BCUT2D eigenvalue weighted by Gasteiger charge is 2.10. The minimum Gasteiger partial charge on any atom is -0.478 e. The predicted octanol–water partition coefficient (Wildman–Crippen LogP) is 2.35. The van der Waals surface area contributed by atoms with Crippen LogP contribution in [0, 0.1) is 13.8 Å². The molecule has 0 atom stereocenters. The van der Waals surface area contributed by atoms with Crippen LogP contribution in [-0.4, -0.2) is 27.1 Å². The van der Waals surface area contributed by atoms with E-state index in [4.69, 9.17) is 15.6 Å². The second kappa shape index (κ2) is 10.6. The first-order valence-corrected chi connectivity index (χ1v) is 9.68. The van der Waals surface area contributed by atoms with E-state index in [0.717, 1.165) is 15.6 Å². The third-order valence-electron chi connectivity index (χ3n) is 3.45. The summed E-state index contributed by atoms with van der Waals surface area (Å²) in [4.78, 5) is 46.8. The van der Waals surface area contributed by atoms with Gasteiger partial charge in [0, 0.05) is 8.95 Å². The summed E-state index contributed by atoms with van der Waals surface area (Å²) >= 11 is 6.47. The highest BCUT2D eigenvalue weighted by Crippen LogP contribution is 2.25. The van der Waals surface area contributed by atoms with Crippen LogP contribution >= 0.6 is 31.9 Å². The molecule has 0 aliphatic heterocycles. The minimum absolute atomic E-state index is 0.141. The van der Waals surface area contributed by atoms with E-state index in [0.29, 0.717) is 15.4 Å². The number of carbonyl (C=O) groups is 2. The molecule has 0 spiro atoms. The van der Waals surface area contributed by atoms with E-state index in [1.54, 1.807) is 18.2 Å². The van der Waals surface area contributed by atoms with E-state index >= 15 is 0 Å². The van der Waals surface area contributed by atoms with E-state index in [-0.39, 0.29) is 16.8 Å². The number of nitrogens with one attached hydrogen (secondary N) is 2. The van der Waals surface area contributed by atoms with Crippen molar-refractivity contribution in [2.75, 3.05) is 5.73 Å². The van der Waals surface area contributed by atoms with E-state index in [1.807, 2.05) is 19.9 Å². The number of fused-ring (bicyclic) bond motifs is 1. The lowest BCUT2D eigenvalue weighted by Crippen LogP contribution is -2.22. The average Bonchev–Trinajstić information content (AvgIpc) is 2.59. The molecule has 0 saturated carbocycles. The Bertz CT molecular complexity index is 1220. The molecule has 0 aliphatic rings. The Morgan fingerprint density at radius 1 is 0.933 bits per heavy atom. The van der Waals surface area contributed by atoms with Gasteiger partial charge in [-0.1, -0.05) is 0 Å². The predicted molar refractivity (Wildman–Crippen MR) is 122 cm³/mol. The maximum Gasteiger partial charge on any atom is 0.337 e. The van der Waals surface area contributed by atoms with Gasteiger partial charge in [0.2, 0.25) is 0 Å². The van der Waals surface area contributed by atoms with Gasteiger partial charge in [-0.2, -0.15) is 0 Å². The molecular formula is C18H19Br2N5O5. The number of nitrogen functional groups attached to an aromatic ring is 1. The lowest BCUT2D eigenvalue weighted by molar-refractivity contribution is 0.0698. The number of carboxylic acid groups (broad SMARTS) is 1. The molecule has 3 rings (SSSR count). The summed E-state index contributed by atoms with van der Waals surface area (Å²) in [6, 6.07) is 6.07. The fourth-order valence-corrected chi connectivity index (χ4v) is 3.54. The molecule has 0 saturated heterocycles. The molecular weight excluding hydrogens is 526 g/mol. The number of H-pyrrole nitrogens is 2. The minimum atomic E-state index is -1.00. The van der Waals surface area contributed by atoms with Gasteiger partial charge < -0.3 is 27.3 Å². The van der Waals surface area contributed by atoms with Gasteiger partial charge in [-0.25, -0.2) is 14.4 Å². The molecule has 160 valence electrons. The van der Waals surface area contributed by atoms with Crippen LogP contribution in [0.3, 0.4) is 0 Å². The second-order valence-corrected chi connectivity index (χ2v) is 7.70. The number of carboxylic acids is 1. The number of anilines is 1. The summed E-state index contributed by atoms with van der Waals surface area (Å²) in [5.74, 6) is -1.00. The first-order chi connectivity index (χ1) is 13.8. The molecule has 12 heteroatoms. The Labute approximate surface area is 186 Å². The van der Waals surface area contributed by atoms with Crippen LogP contribution in [0.4, 0.5) is 10.5 Å². The first kappa shape index (κ1) is 24.9. The summed E-state index contributed by atoms with van der Waals surface area (Å²) in [5, 5.41) is 9.20. The van der Waals surface area contributed by atoms with Crippen LogP contribution in [0.5, 0.6) is 0 Å². The van der Waals surface area contributed by atoms with Gasteiger partial charge in [0.25, 0.3) is 5.56 Å². The lowest BCUT2D eigenvalue weighted by Gasteiger charge is -2.04. The number of hydrogen-bond donors (Lipinski definition) is 6. The number of carbonyl (C=O) groups excluding carboxylic acids is 1. The molecule has 2 aromatic carbocycles. The number of aryl methyl sites for hydroxylation is 2. The standard InChI is InChI=1S/C9H7BrN2O2.C8H8BrNO2.CH4N2O/c1-4-2-5-7(6(10)3-4)11-9(14)12-8(5)13;1-4-2-5(8(11)12)7(10)6(9)3-4;2-1(3)4/h2-3H,1H3,(H2,11,12,13,14);2-3H,10H2,1H3,(H,11,12);(H4,2,3,4). The molecule has 0 radical (unpaired) electrons. The second-order valence-electron chi connectivity index (χ2n) is 5.99. The van der Waals surface area contributed by atoms with Crippen LogP contribution in [0.1, 0.15) is 21.5 Å². The van der Waals surface area contributed by atoms with E-state index in [9.17, 15) is 14.4 Å². The van der Waals surface area contributed by atoms with Crippen molar-refractivity contribution in [2.24, 2.45) is 11.5 Å². The van der Waals surface area contributed by atoms with Crippen molar-refractivity contribution in [3.63, 3.8) is 0 Å². The molecule has 30 heavy (non-hydrogen) atoms. The number of primary amides is 2. The van der Waals surface area contributed by atoms with E-state index < -0.39 is 17.7 Å². The Balaban J connectivity index is 0.000000258. The monoisotopic (exact) mass is 543 g/mol. The average molecular weight is 545 g/mol. The zero-order valence-corrected chi connectivity index (χ0v) is 19.0. The van der Waals surface area contributed by atoms with Crippen LogP contribution in [0.25, 0.3) is 10.9 Å². The number of benzene rings is 2. The van der Waals surface area contributed by atoms with Crippen molar-refractivity contribution < 1.29 is 14.7 Å². The van der Waals surface area contributed by atoms with Crippen molar-refractivity contribution in [3.05, 3.63) is 70.7 Å². The maximum atomic E-state index is 11.4. The maximum absolute atomic E-state index is 11.4. The summed E-state index contributed by atoms with van der Waals surface area (Å²) < 4.78 is 1.34. The van der Waals surface area contributed by atoms with Crippen molar-refractivity contribution >= 4 is 60.5 Å². The first-order valence-electron chi connectivity index (χ1n) is 8.09. The SMILES string of the molecule is Cc1cc(Br)c(N)c(C(=O)O)c1.Cc1cc(Br)c2[nH]c(=O)[nH]c(=O)c2c1.NC(N)=O. The summed E-state index contributed by atoms with van der Waals surface area (Å²) in [5.41, 5.74) is 15.9. The van der Waals surface area contributed by atoms with Gasteiger partial charge >= 0.3 is 17.7 Å². The molecule has 3 aromatic rings. The number of rotatable bonds is 1. The summed E-state index contributed by atoms with van der Waals surface area (Å²) in [7, 11) is 0. The van der Waals surface area contributed by atoms with Gasteiger partial charge in [-0.15, -0.1) is 0 Å². The highest BCUT2D eigenvalue weighted by molar-refractivity contribution is 9.11. The molecule has 1 aromatic heterocycles. The van der Waals surface area contributed by atoms with Crippen molar-refractivity contribution in [2.45, 2.75) is 13.8 Å². The smallest absolute Gasteiger partial charge is 0.337 e. The van der Waals surface area contributed by atoms with Crippen LogP contribution in [0.15, 0.2) is 42.8 Å². The van der Waals surface area contributed by atoms with Gasteiger partial charge in [-0.05, 0) is 81.1 Å². The number of urea groups is 1. The number of aromatic nitrogens is 2. The third-order valence-corrected chi connectivity index (χ3v) is 4.73. The number of aromatic amines is 2. The highest BCUT2D eigenvalue weighted by atomic mass is 79.9. The van der Waals surface area contributed by atoms with Gasteiger partial charge in [0.15, 0.2) is 0 Å². The quantitative estimate of drug-likeness (QED) is 0.254. The van der Waals surface area contributed by atoms with E-state index in [1.165, 1.54) is 0 Å². The molecule has 9 N–H and O–H groups in total. The molecule has 1 heterocycles. The number of nitrogens with two attached hydrogens (primary N) is 3. The molecule has 0 bridgehead atoms. The van der Waals surface area contributed by atoms with Crippen LogP contribution < -0.4 is 28.5 Å². The fraction of sp³-hybridized carbons (Fsp3) is 0.111. The fourth-order valence-electron chi connectivity index (χ4n) is 2.29. The number of aromatic carboxylic acids is 1. The molecule has 0 fully saturated rings. The molecule has 0 aliphatic carbocycles. The summed E-state index contributed by atoms with van der Waals surface area (Å²) in [6.45, 7) is 3.70. The van der Waals surface area contributed by atoms with Crippen LogP contribution in [-0.2, 0) is 0 Å². The molecule has 0 unspecified atom stereocenters. The number of halogens is 2. The van der Waals surface area contributed by atoms with Crippen molar-refractivity contribution in [3.8, 4) is 0 Å². The van der Waals surface area contributed by atoms with Crippen molar-refractivity contribution in [1.82, 2.24) is 9.97 Å². The Morgan fingerprint density at radius 3 is 1.97 bits per heavy atom. The number of amides is 2. The Hall–Kier alpha value is -3.12. The molecule has 2 amide bonds. The van der Waals surface area contributed by atoms with Crippen LogP contribution in [0.2, 0.25) is 0 Å². The zero-order valence-electron chi connectivity index (χ0n) is 15.9. The summed E-state index contributed by atoms with van der Waals surface area (Å²) in [6.07, 6.45) is 0. The van der Waals surface area contributed by atoms with E-state index in [2.05, 4.69) is 53.3 Å². The molecule has 10 nitrogen and oxygen atoms in total. The zero-order chi connectivity index (χ0) is 23.2. The van der Waals surface area contributed by atoms with Gasteiger partial charge in [-0.3, -0.25) is 9.78 Å². The largest absolute Gasteiger partial charge is 0.478 e. The Morgan fingerprint density at radius 2 is 1.43 bits per heavy atom. The van der Waals surface area contributed by atoms with Crippen molar-refractivity contribution in [1.29, 1.82) is 0 Å². The number of hydrogen-bond acceptors (Lipinski definition) is 5. The lowest BCUT2D eigenvalue weighted by atomic mass is 10.1.